The Morgan fingerprint density at radius 1 is 1.17 bits per heavy atom. The second-order valence-electron chi connectivity index (χ2n) is 6.60. The number of carbonyl (C=O) groups is 1. The number of piperidine rings is 1. The van der Waals surface area contributed by atoms with E-state index in [0.29, 0.717) is 25.0 Å². The topological polar surface area (TPSA) is 41.6 Å². The highest BCUT2D eigenvalue weighted by molar-refractivity contribution is 5.85. The van der Waals surface area contributed by atoms with Crippen molar-refractivity contribution < 1.29 is 9.53 Å². The molecule has 23 heavy (non-hydrogen) atoms. The molecule has 0 radical (unpaired) electrons. The molecule has 0 aliphatic carbocycles. The summed E-state index contributed by atoms with van der Waals surface area (Å²) < 4.78 is 5.62. The molecule has 2 saturated heterocycles. The lowest BCUT2D eigenvalue weighted by atomic mass is 9.78. The third kappa shape index (κ3) is 4.93. The second kappa shape index (κ2) is 8.67. The first-order valence-corrected chi connectivity index (χ1v) is 8.38. The number of halogens is 1. The molecule has 2 aliphatic rings. The molecule has 0 bridgehead atoms. The van der Waals surface area contributed by atoms with E-state index >= 15 is 0 Å². The summed E-state index contributed by atoms with van der Waals surface area (Å²) in [6, 6.07) is 10.1. The van der Waals surface area contributed by atoms with Crippen molar-refractivity contribution in [2.24, 2.45) is 5.41 Å². The lowest BCUT2D eigenvalue weighted by molar-refractivity contribution is -0.134. The number of nitrogens with zero attached hydrogens (tertiary/aromatic N) is 1. The molecule has 0 aromatic heterocycles. The van der Waals surface area contributed by atoms with Gasteiger partial charge in [-0.2, -0.15) is 0 Å². The number of ether oxygens (including phenoxy) is 1. The number of hydrogen-bond donors (Lipinski definition) is 1. The summed E-state index contributed by atoms with van der Waals surface area (Å²) >= 11 is 0. The van der Waals surface area contributed by atoms with Crippen molar-refractivity contribution in [1.82, 2.24) is 10.2 Å². The van der Waals surface area contributed by atoms with Crippen molar-refractivity contribution in [2.45, 2.75) is 32.3 Å². The highest BCUT2D eigenvalue weighted by Crippen LogP contribution is 2.36. The van der Waals surface area contributed by atoms with Crippen LogP contribution in [0.1, 0.15) is 31.2 Å². The van der Waals surface area contributed by atoms with Crippen LogP contribution in [0.15, 0.2) is 30.3 Å². The van der Waals surface area contributed by atoms with Crippen LogP contribution in [0.2, 0.25) is 0 Å². The molecule has 0 unspecified atom stereocenters. The fourth-order valence-corrected chi connectivity index (χ4v) is 3.53. The third-order valence-electron chi connectivity index (χ3n) is 5.08. The zero-order valence-corrected chi connectivity index (χ0v) is 14.4. The van der Waals surface area contributed by atoms with Gasteiger partial charge in [0.25, 0.3) is 0 Å². The molecule has 4 nitrogen and oxygen atoms in total. The van der Waals surface area contributed by atoms with E-state index in [1.54, 1.807) is 0 Å². The number of benzene rings is 1. The molecule has 1 N–H and O–H groups in total. The molecule has 1 aromatic rings. The minimum absolute atomic E-state index is 0. The molecule has 0 saturated carbocycles. The maximum absolute atomic E-state index is 12.2. The van der Waals surface area contributed by atoms with E-state index in [1.807, 2.05) is 35.2 Å². The first-order valence-electron chi connectivity index (χ1n) is 8.38. The maximum Gasteiger partial charge on any atom is 0.224 e. The Hall–Kier alpha value is -1.10. The van der Waals surface area contributed by atoms with Gasteiger partial charge >= 0.3 is 0 Å². The van der Waals surface area contributed by atoms with Crippen LogP contribution < -0.4 is 5.32 Å². The van der Waals surface area contributed by atoms with E-state index in [0.717, 1.165) is 44.6 Å². The molecular formula is C18H27ClN2O2. The summed E-state index contributed by atoms with van der Waals surface area (Å²) in [6.07, 6.45) is 4.07. The van der Waals surface area contributed by atoms with Gasteiger partial charge in [0.05, 0.1) is 19.6 Å². The fraction of sp³-hybridized carbons (Fsp3) is 0.611. The molecule has 2 aliphatic heterocycles. The van der Waals surface area contributed by atoms with Crippen LogP contribution in [0.3, 0.4) is 0 Å². The Balaban J connectivity index is 0.00000192. The minimum Gasteiger partial charge on any atom is -0.376 e. The molecule has 1 aromatic carbocycles. The first kappa shape index (κ1) is 18.2. The first-order chi connectivity index (χ1) is 10.8. The third-order valence-corrected chi connectivity index (χ3v) is 5.08. The number of carbonyl (C=O) groups excluding carboxylic acids is 1. The van der Waals surface area contributed by atoms with Crippen LogP contribution in [-0.2, 0) is 16.1 Å². The number of rotatable bonds is 5. The molecule has 1 amide bonds. The molecular weight excluding hydrogens is 312 g/mol. The average Bonchev–Trinajstić information content (AvgIpc) is 3.01. The van der Waals surface area contributed by atoms with Gasteiger partial charge in [-0.15, -0.1) is 12.4 Å². The van der Waals surface area contributed by atoms with E-state index in [9.17, 15) is 4.79 Å². The second-order valence-corrected chi connectivity index (χ2v) is 6.60. The van der Waals surface area contributed by atoms with E-state index < -0.39 is 0 Å². The number of amides is 1. The van der Waals surface area contributed by atoms with Gasteiger partial charge < -0.3 is 15.0 Å². The normalized spacial score (nSPS) is 19.6. The van der Waals surface area contributed by atoms with Gasteiger partial charge in [0.15, 0.2) is 0 Å². The quantitative estimate of drug-likeness (QED) is 0.839. The van der Waals surface area contributed by atoms with Gasteiger partial charge in [-0.05, 0) is 36.8 Å². The molecule has 2 heterocycles. The molecule has 128 valence electrons. The van der Waals surface area contributed by atoms with Crippen LogP contribution in [0.5, 0.6) is 0 Å². The van der Waals surface area contributed by atoms with E-state index in [4.69, 9.17) is 4.74 Å². The summed E-state index contributed by atoms with van der Waals surface area (Å²) in [4.78, 5) is 14.3. The van der Waals surface area contributed by atoms with Gasteiger partial charge in [0, 0.05) is 19.6 Å². The van der Waals surface area contributed by atoms with Gasteiger partial charge in [-0.3, -0.25) is 4.79 Å². The summed E-state index contributed by atoms with van der Waals surface area (Å²) in [5, 5.41) is 3.46. The highest BCUT2D eigenvalue weighted by Gasteiger charge is 2.37. The van der Waals surface area contributed by atoms with Gasteiger partial charge in [0.2, 0.25) is 5.91 Å². The van der Waals surface area contributed by atoms with Crippen molar-refractivity contribution in [3.8, 4) is 0 Å². The van der Waals surface area contributed by atoms with E-state index in [2.05, 4.69) is 5.32 Å². The van der Waals surface area contributed by atoms with Crippen LogP contribution in [0, 0.1) is 5.41 Å². The Morgan fingerprint density at radius 2 is 1.91 bits per heavy atom. The summed E-state index contributed by atoms with van der Waals surface area (Å²) in [5.74, 6) is 0.244. The smallest absolute Gasteiger partial charge is 0.224 e. The zero-order chi connectivity index (χ0) is 15.3. The maximum atomic E-state index is 12.2. The molecule has 5 heteroatoms. The molecule has 3 rings (SSSR count). The van der Waals surface area contributed by atoms with Crippen LogP contribution in [0.25, 0.3) is 0 Å². The van der Waals surface area contributed by atoms with Crippen molar-refractivity contribution in [1.29, 1.82) is 0 Å². The predicted octanol–water partition coefficient (Wildman–Crippen LogP) is 2.62. The monoisotopic (exact) mass is 338 g/mol. The highest BCUT2D eigenvalue weighted by atomic mass is 35.5. The van der Waals surface area contributed by atoms with Gasteiger partial charge in [-0.1, -0.05) is 30.3 Å². The lowest BCUT2D eigenvalue weighted by Crippen LogP contribution is -2.44. The summed E-state index contributed by atoms with van der Waals surface area (Å²) in [7, 11) is 0. The molecule has 0 atom stereocenters. The largest absolute Gasteiger partial charge is 0.376 e. The molecule has 1 spiro atoms. The van der Waals surface area contributed by atoms with Crippen LogP contribution in [0.4, 0.5) is 0 Å². The molecule has 2 fully saturated rings. The Kier molecular flexibility index (Phi) is 6.88. The SMILES string of the molecule is Cl.O=C(CCOCc1ccccc1)N1CCC2(CCNC2)CC1. The average molecular weight is 339 g/mol. The number of likely N-dealkylation sites (tertiary alicyclic amines) is 1. The Labute approximate surface area is 145 Å². The Morgan fingerprint density at radius 3 is 2.57 bits per heavy atom. The van der Waals surface area contributed by atoms with E-state index in [-0.39, 0.29) is 18.3 Å². The van der Waals surface area contributed by atoms with Crippen LogP contribution >= 0.6 is 12.4 Å². The zero-order valence-electron chi connectivity index (χ0n) is 13.6. The van der Waals surface area contributed by atoms with Crippen molar-refractivity contribution in [3.05, 3.63) is 35.9 Å². The number of hydrogen-bond acceptors (Lipinski definition) is 3. The standard InChI is InChI=1S/C18H26N2O2.ClH/c21-17(6-13-22-14-16-4-2-1-3-5-16)20-11-8-18(9-12-20)7-10-19-15-18;/h1-5,19H,6-15H2;1H. The van der Waals surface area contributed by atoms with Crippen LogP contribution in [-0.4, -0.2) is 43.6 Å². The van der Waals surface area contributed by atoms with E-state index in [1.165, 1.54) is 6.42 Å². The predicted molar refractivity (Wildman–Crippen MR) is 93.7 cm³/mol. The van der Waals surface area contributed by atoms with Crippen molar-refractivity contribution >= 4 is 18.3 Å². The Bertz CT molecular complexity index is 479. The summed E-state index contributed by atoms with van der Waals surface area (Å²) in [5.41, 5.74) is 1.63. The van der Waals surface area contributed by atoms with Crippen molar-refractivity contribution in [3.63, 3.8) is 0 Å². The van der Waals surface area contributed by atoms with Crippen molar-refractivity contribution in [2.75, 3.05) is 32.8 Å². The fourth-order valence-electron chi connectivity index (χ4n) is 3.53. The minimum atomic E-state index is 0. The van der Waals surface area contributed by atoms with Gasteiger partial charge in [-0.25, -0.2) is 0 Å². The lowest BCUT2D eigenvalue weighted by Gasteiger charge is -2.38. The van der Waals surface area contributed by atoms with Gasteiger partial charge in [0.1, 0.15) is 0 Å². The summed E-state index contributed by atoms with van der Waals surface area (Å²) in [6.45, 7) is 5.20. The number of nitrogens with one attached hydrogen (secondary N) is 1.